The van der Waals surface area contributed by atoms with Gasteiger partial charge in [0, 0.05) is 29.2 Å². The van der Waals surface area contributed by atoms with Crippen molar-refractivity contribution in [2.75, 3.05) is 13.2 Å². The number of H-pyrrole nitrogens is 1. The summed E-state index contributed by atoms with van der Waals surface area (Å²) >= 11 is 0. The Kier molecular flexibility index (Phi) is 4.98. The summed E-state index contributed by atoms with van der Waals surface area (Å²) in [5, 5.41) is 11.8. The molecule has 2 aromatic heterocycles. The van der Waals surface area contributed by atoms with Gasteiger partial charge in [0.2, 0.25) is 0 Å². The number of ketones is 1. The fraction of sp³-hybridized carbons (Fsp3) is 0.273. The zero-order chi connectivity index (χ0) is 20.5. The van der Waals surface area contributed by atoms with Gasteiger partial charge in [-0.15, -0.1) is 0 Å². The van der Waals surface area contributed by atoms with Gasteiger partial charge in [0.25, 0.3) is 11.7 Å². The number of aliphatic hydroxyl groups is 1. The number of nitrogens with zero attached hydrogens (tertiary/aromatic N) is 1. The van der Waals surface area contributed by atoms with Crippen molar-refractivity contribution in [1.29, 1.82) is 0 Å². The van der Waals surface area contributed by atoms with Gasteiger partial charge in [-0.3, -0.25) is 9.59 Å². The molecule has 4 rings (SSSR count). The standard InChI is InChI=1S/C22H22N2O5/c1-13(2)28-11-9-24-19(17-8-5-10-29-17)18(21(26)22(24)27)20(25)15-12-23-16-7-4-3-6-14(15)16/h3-8,10,12-13,19,23,25H,9,11H2,1-2H3/b20-18-. The number of fused-ring (bicyclic) bond motifs is 1. The first kappa shape index (κ1) is 19.0. The lowest BCUT2D eigenvalue weighted by Gasteiger charge is -2.23. The van der Waals surface area contributed by atoms with E-state index in [4.69, 9.17) is 9.15 Å². The molecule has 0 spiro atoms. The Labute approximate surface area is 167 Å². The summed E-state index contributed by atoms with van der Waals surface area (Å²) in [7, 11) is 0. The number of amides is 1. The molecule has 1 aliphatic rings. The van der Waals surface area contributed by atoms with Crippen LogP contribution in [0.5, 0.6) is 0 Å². The predicted molar refractivity (Wildman–Crippen MR) is 107 cm³/mol. The number of carbonyl (C=O) groups excluding carboxylic acids is 2. The summed E-state index contributed by atoms with van der Waals surface area (Å²) in [5.74, 6) is -1.23. The largest absolute Gasteiger partial charge is 0.507 e. The van der Waals surface area contributed by atoms with Gasteiger partial charge in [0.1, 0.15) is 17.6 Å². The van der Waals surface area contributed by atoms with E-state index in [2.05, 4.69) is 4.98 Å². The SMILES string of the molecule is CC(C)OCCN1C(=O)C(=O)/C(=C(\O)c2c[nH]c3ccccc23)C1c1ccco1. The lowest BCUT2D eigenvalue weighted by atomic mass is 9.99. The van der Waals surface area contributed by atoms with E-state index in [0.29, 0.717) is 11.3 Å². The van der Waals surface area contributed by atoms with Crippen LogP contribution in [-0.2, 0) is 14.3 Å². The third kappa shape index (κ3) is 3.34. The summed E-state index contributed by atoms with van der Waals surface area (Å²) < 4.78 is 11.1. The molecule has 3 aromatic rings. The third-order valence-corrected chi connectivity index (χ3v) is 4.98. The van der Waals surface area contributed by atoms with Crippen LogP contribution in [0.15, 0.2) is 58.8 Å². The van der Waals surface area contributed by atoms with E-state index in [1.54, 1.807) is 18.3 Å². The van der Waals surface area contributed by atoms with Crippen LogP contribution in [0, 0.1) is 0 Å². The van der Waals surface area contributed by atoms with Crippen LogP contribution in [-0.4, -0.2) is 45.9 Å². The first-order chi connectivity index (χ1) is 14.0. The van der Waals surface area contributed by atoms with Gasteiger partial charge in [-0.1, -0.05) is 18.2 Å². The number of aliphatic hydroxyl groups excluding tert-OH is 1. The number of furan rings is 1. The molecule has 3 heterocycles. The summed E-state index contributed by atoms with van der Waals surface area (Å²) in [4.78, 5) is 30.1. The molecular weight excluding hydrogens is 372 g/mol. The second kappa shape index (κ2) is 7.60. The van der Waals surface area contributed by atoms with Crippen molar-refractivity contribution < 1.29 is 23.8 Å². The van der Waals surface area contributed by atoms with Crippen molar-refractivity contribution in [3.63, 3.8) is 0 Å². The third-order valence-electron chi connectivity index (χ3n) is 4.98. The number of para-hydroxylation sites is 1. The second-order valence-corrected chi connectivity index (χ2v) is 7.18. The molecule has 1 aliphatic heterocycles. The zero-order valence-electron chi connectivity index (χ0n) is 16.2. The highest BCUT2D eigenvalue weighted by molar-refractivity contribution is 6.46. The van der Waals surface area contributed by atoms with E-state index < -0.39 is 17.7 Å². The van der Waals surface area contributed by atoms with Crippen LogP contribution in [0.1, 0.15) is 31.2 Å². The van der Waals surface area contributed by atoms with Crippen molar-refractivity contribution in [2.45, 2.75) is 26.0 Å². The molecule has 7 heteroatoms. The van der Waals surface area contributed by atoms with Crippen LogP contribution in [0.25, 0.3) is 16.7 Å². The number of hydrogen-bond acceptors (Lipinski definition) is 5. The predicted octanol–water partition coefficient (Wildman–Crippen LogP) is 3.61. The number of benzene rings is 1. The Hall–Kier alpha value is -3.32. The van der Waals surface area contributed by atoms with E-state index in [0.717, 1.165) is 10.9 Å². The Morgan fingerprint density at radius 1 is 1.24 bits per heavy atom. The zero-order valence-corrected chi connectivity index (χ0v) is 16.2. The summed E-state index contributed by atoms with van der Waals surface area (Å²) in [6.07, 6.45) is 3.11. The van der Waals surface area contributed by atoms with Crippen molar-refractivity contribution >= 4 is 28.4 Å². The van der Waals surface area contributed by atoms with Crippen molar-refractivity contribution in [3.05, 3.63) is 65.8 Å². The molecule has 29 heavy (non-hydrogen) atoms. The lowest BCUT2D eigenvalue weighted by Crippen LogP contribution is -2.33. The second-order valence-electron chi connectivity index (χ2n) is 7.18. The maximum atomic E-state index is 12.9. The summed E-state index contributed by atoms with van der Waals surface area (Å²) in [5.41, 5.74) is 1.30. The monoisotopic (exact) mass is 394 g/mol. The molecule has 0 saturated carbocycles. The average molecular weight is 394 g/mol. The number of aromatic amines is 1. The van der Waals surface area contributed by atoms with Gasteiger partial charge in [-0.2, -0.15) is 0 Å². The van der Waals surface area contributed by atoms with Gasteiger partial charge in [-0.25, -0.2) is 0 Å². The molecule has 150 valence electrons. The summed E-state index contributed by atoms with van der Waals surface area (Å²) in [6, 6.07) is 10.0. The molecule has 1 aromatic carbocycles. The molecule has 7 nitrogen and oxygen atoms in total. The molecule has 1 atom stereocenters. The van der Waals surface area contributed by atoms with E-state index in [-0.39, 0.29) is 30.6 Å². The molecule has 1 unspecified atom stereocenters. The molecule has 0 bridgehead atoms. The van der Waals surface area contributed by atoms with Crippen LogP contribution < -0.4 is 0 Å². The molecule has 1 saturated heterocycles. The molecular formula is C22H22N2O5. The topological polar surface area (TPSA) is 95.8 Å². The van der Waals surface area contributed by atoms with E-state index in [9.17, 15) is 14.7 Å². The average Bonchev–Trinajstić information content (AvgIpc) is 3.42. The minimum absolute atomic E-state index is 0.0000973. The molecule has 0 radical (unpaired) electrons. The van der Waals surface area contributed by atoms with Crippen LogP contribution >= 0.6 is 0 Å². The van der Waals surface area contributed by atoms with Gasteiger partial charge < -0.3 is 24.1 Å². The maximum absolute atomic E-state index is 12.9. The van der Waals surface area contributed by atoms with Gasteiger partial charge in [-0.05, 0) is 32.0 Å². The number of aromatic nitrogens is 1. The minimum Gasteiger partial charge on any atom is -0.507 e. The fourth-order valence-electron chi connectivity index (χ4n) is 3.65. The number of ether oxygens (including phenoxy) is 1. The smallest absolute Gasteiger partial charge is 0.295 e. The number of carbonyl (C=O) groups is 2. The highest BCUT2D eigenvalue weighted by atomic mass is 16.5. The highest BCUT2D eigenvalue weighted by Gasteiger charge is 2.47. The van der Waals surface area contributed by atoms with E-state index in [1.165, 1.54) is 11.2 Å². The Bertz CT molecular complexity index is 1080. The number of likely N-dealkylation sites (tertiary alicyclic amines) is 1. The quantitative estimate of drug-likeness (QED) is 0.378. The van der Waals surface area contributed by atoms with E-state index in [1.807, 2.05) is 38.1 Å². The first-order valence-corrected chi connectivity index (χ1v) is 9.49. The number of Topliss-reactive ketones (excluding diaryl/α,β-unsaturated/α-hetero) is 1. The number of hydrogen-bond donors (Lipinski definition) is 2. The molecule has 1 amide bonds. The maximum Gasteiger partial charge on any atom is 0.295 e. The van der Waals surface area contributed by atoms with Gasteiger partial charge in [0.05, 0.1) is 24.5 Å². The highest BCUT2D eigenvalue weighted by Crippen LogP contribution is 2.40. The Balaban J connectivity index is 1.81. The van der Waals surface area contributed by atoms with Crippen LogP contribution in [0.3, 0.4) is 0 Å². The Morgan fingerprint density at radius 2 is 2.03 bits per heavy atom. The minimum atomic E-state index is -0.811. The fourth-order valence-corrected chi connectivity index (χ4v) is 3.65. The van der Waals surface area contributed by atoms with Gasteiger partial charge >= 0.3 is 0 Å². The Morgan fingerprint density at radius 3 is 2.76 bits per heavy atom. The summed E-state index contributed by atoms with van der Waals surface area (Å²) in [6.45, 7) is 4.28. The van der Waals surface area contributed by atoms with Crippen LogP contribution in [0.2, 0.25) is 0 Å². The first-order valence-electron chi connectivity index (χ1n) is 9.49. The lowest BCUT2D eigenvalue weighted by molar-refractivity contribution is -0.140. The van der Waals surface area contributed by atoms with Crippen molar-refractivity contribution in [1.82, 2.24) is 9.88 Å². The molecule has 1 fully saturated rings. The van der Waals surface area contributed by atoms with Crippen LogP contribution in [0.4, 0.5) is 0 Å². The number of rotatable bonds is 6. The van der Waals surface area contributed by atoms with Crippen molar-refractivity contribution in [2.24, 2.45) is 0 Å². The number of nitrogens with one attached hydrogen (secondary N) is 1. The molecule has 2 N–H and O–H groups in total. The normalized spacial score (nSPS) is 19.0. The molecule has 0 aliphatic carbocycles. The van der Waals surface area contributed by atoms with Gasteiger partial charge in [0.15, 0.2) is 0 Å². The van der Waals surface area contributed by atoms with E-state index >= 15 is 0 Å². The van der Waals surface area contributed by atoms with Crippen molar-refractivity contribution in [3.8, 4) is 0 Å².